The van der Waals surface area contributed by atoms with Crippen LogP contribution in [0.1, 0.15) is 39.3 Å². The quantitative estimate of drug-likeness (QED) is 0.167. The minimum absolute atomic E-state index is 0.0577. The molecule has 0 unspecified atom stereocenters. The summed E-state index contributed by atoms with van der Waals surface area (Å²) < 4.78 is 11.1. The molecule has 5 rings (SSSR count). The Morgan fingerprint density at radius 1 is 1.20 bits per heavy atom. The Bertz CT molecular complexity index is 1610. The van der Waals surface area contributed by atoms with Crippen molar-refractivity contribution in [3.05, 3.63) is 69.5 Å². The summed E-state index contributed by atoms with van der Waals surface area (Å²) in [5, 5.41) is 22.7. The fourth-order valence-corrected chi connectivity index (χ4v) is 5.37. The Kier molecular flexibility index (Phi) is 7.94. The molecule has 0 spiro atoms. The van der Waals surface area contributed by atoms with Crippen molar-refractivity contribution in [2.24, 2.45) is 0 Å². The number of β-amino-alcohol motifs (C(OH)–C–C–N with tert-alkyl or cyclic N) is 1. The molecule has 3 N–H and O–H groups in total. The molecule has 1 atom stereocenters. The van der Waals surface area contributed by atoms with Gasteiger partial charge in [0.2, 0.25) is 5.91 Å². The molecule has 206 valence electrons. The van der Waals surface area contributed by atoms with Crippen LogP contribution in [0.3, 0.4) is 0 Å². The first-order chi connectivity index (χ1) is 19.3. The average molecular weight is 561 g/mol. The lowest BCUT2D eigenvalue weighted by molar-refractivity contribution is -0.142. The van der Waals surface area contributed by atoms with Crippen LogP contribution < -0.4 is 14.8 Å². The lowest BCUT2D eigenvalue weighted by atomic mass is 10.1. The normalized spacial score (nSPS) is 15.1. The van der Waals surface area contributed by atoms with Gasteiger partial charge in [0.15, 0.2) is 11.5 Å². The van der Waals surface area contributed by atoms with Crippen LogP contribution in [0.4, 0.5) is 5.69 Å². The fraction of sp³-hybridized carbons (Fsp3) is 0.241. The van der Waals surface area contributed by atoms with Crippen LogP contribution >= 0.6 is 11.3 Å². The molecule has 3 heterocycles. The standard InChI is InChI=1S/C29H28N4O6S/c1-17-12-14-40-28(17)29(37)30-26-18(7-9-22-20-5-3-4-6-21(20)31-32-22)8-10-23(27(26)38-2)39-25(36)15-24(35)33-13-11-19(34)16-33/h3-10,12,14,19,34H,11,13,15-16H2,1-2H3,(H,30,37)(H,31,32)/b9-7+/t19-/m1/s1. The largest absolute Gasteiger partial charge is 0.491 e. The van der Waals surface area contributed by atoms with E-state index in [1.165, 1.54) is 23.3 Å². The number of nitrogens with one attached hydrogen (secondary N) is 2. The number of carbonyl (C=O) groups excluding carboxylic acids is 3. The number of aliphatic hydroxyl groups excluding tert-OH is 1. The predicted molar refractivity (Wildman–Crippen MR) is 152 cm³/mol. The first kappa shape index (κ1) is 27.1. The van der Waals surface area contributed by atoms with E-state index < -0.39 is 24.4 Å². The summed E-state index contributed by atoms with van der Waals surface area (Å²) in [6.07, 6.45) is 3.01. The third-order valence-electron chi connectivity index (χ3n) is 6.62. The Morgan fingerprint density at radius 3 is 2.75 bits per heavy atom. The molecule has 1 fully saturated rings. The molecule has 4 aromatic rings. The summed E-state index contributed by atoms with van der Waals surface area (Å²) in [6, 6.07) is 12.8. The number of aromatic amines is 1. The van der Waals surface area contributed by atoms with Crippen molar-refractivity contribution in [3.63, 3.8) is 0 Å². The van der Waals surface area contributed by atoms with Gasteiger partial charge >= 0.3 is 5.97 Å². The number of aromatic nitrogens is 2. The molecule has 1 aliphatic heterocycles. The van der Waals surface area contributed by atoms with Crippen LogP contribution in [0.2, 0.25) is 0 Å². The zero-order valence-electron chi connectivity index (χ0n) is 22.0. The van der Waals surface area contributed by atoms with Gasteiger partial charge in [0, 0.05) is 24.0 Å². The molecule has 0 bridgehead atoms. The van der Waals surface area contributed by atoms with Crippen LogP contribution in [0.15, 0.2) is 47.8 Å². The van der Waals surface area contributed by atoms with Gasteiger partial charge < -0.3 is 24.8 Å². The number of carbonyl (C=O) groups is 3. The van der Waals surface area contributed by atoms with Crippen molar-refractivity contribution in [1.29, 1.82) is 0 Å². The van der Waals surface area contributed by atoms with Gasteiger partial charge in [-0.25, -0.2) is 0 Å². The summed E-state index contributed by atoms with van der Waals surface area (Å²) in [5.74, 6) is -1.34. The van der Waals surface area contributed by atoms with Gasteiger partial charge in [0.1, 0.15) is 6.42 Å². The number of nitrogens with zero attached hydrogens (tertiary/aromatic N) is 2. The number of thiophene rings is 1. The maximum atomic E-state index is 13.2. The van der Waals surface area contributed by atoms with Crippen molar-refractivity contribution in [3.8, 4) is 11.5 Å². The second kappa shape index (κ2) is 11.7. The fourth-order valence-electron chi connectivity index (χ4n) is 4.55. The average Bonchev–Trinajstić information content (AvgIpc) is 3.68. The third-order valence-corrected chi connectivity index (χ3v) is 7.64. The highest BCUT2D eigenvalue weighted by Crippen LogP contribution is 2.40. The molecule has 0 radical (unpaired) electrons. The molecular weight excluding hydrogens is 532 g/mol. The van der Waals surface area contributed by atoms with E-state index in [0.717, 1.165) is 16.5 Å². The minimum atomic E-state index is -0.776. The molecule has 11 heteroatoms. The monoisotopic (exact) mass is 560 g/mol. The van der Waals surface area contributed by atoms with Crippen LogP contribution in [0, 0.1) is 6.92 Å². The number of ether oxygens (including phenoxy) is 2. The predicted octanol–water partition coefficient (Wildman–Crippen LogP) is 4.25. The van der Waals surface area contributed by atoms with Gasteiger partial charge in [-0.2, -0.15) is 5.10 Å². The number of amides is 2. The van der Waals surface area contributed by atoms with E-state index in [-0.39, 0.29) is 24.0 Å². The first-order valence-electron chi connectivity index (χ1n) is 12.7. The zero-order chi connectivity index (χ0) is 28.2. The Labute approximate surface area is 234 Å². The number of benzene rings is 2. The molecule has 2 amide bonds. The summed E-state index contributed by atoms with van der Waals surface area (Å²) >= 11 is 1.31. The number of fused-ring (bicyclic) bond motifs is 1. The van der Waals surface area contributed by atoms with E-state index in [2.05, 4.69) is 15.5 Å². The molecule has 1 aliphatic rings. The number of aryl methyl sites for hydroxylation is 1. The van der Waals surface area contributed by atoms with Gasteiger partial charge in [-0.15, -0.1) is 11.3 Å². The topological polar surface area (TPSA) is 134 Å². The van der Waals surface area contributed by atoms with Crippen LogP contribution in [0.5, 0.6) is 11.5 Å². The second-order valence-electron chi connectivity index (χ2n) is 9.37. The number of rotatable bonds is 8. The molecule has 10 nitrogen and oxygen atoms in total. The minimum Gasteiger partial charge on any atom is -0.491 e. The van der Waals surface area contributed by atoms with Crippen LogP contribution in [-0.4, -0.2) is 64.3 Å². The number of hydrogen-bond acceptors (Lipinski definition) is 8. The maximum absolute atomic E-state index is 13.2. The molecule has 40 heavy (non-hydrogen) atoms. The summed E-state index contributed by atoms with van der Waals surface area (Å²) in [7, 11) is 1.41. The molecular formula is C29H28N4O6S. The number of esters is 1. The number of hydrogen-bond donors (Lipinski definition) is 3. The smallest absolute Gasteiger partial charge is 0.320 e. The maximum Gasteiger partial charge on any atom is 0.320 e. The van der Waals surface area contributed by atoms with Gasteiger partial charge in [-0.1, -0.05) is 24.3 Å². The van der Waals surface area contributed by atoms with Gasteiger partial charge in [0.05, 0.1) is 35.0 Å². The van der Waals surface area contributed by atoms with E-state index in [1.54, 1.807) is 18.2 Å². The lowest BCUT2D eigenvalue weighted by Crippen LogP contribution is -2.32. The van der Waals surface area contributed by atoms with Crippen molar-refractivity contribution in [1.82, 2.24) is 15.1 Å². The lowest BCUT2D eigenvalue weighted by Gasteiger charge is -2.18. The van der Waals surface area contributed by atoms with Crippen molar-refractivity contribution in [2.75, 3.05) is 25.5 Å². The molecule has 1 saturated heterocycles. The Balaban J connectivity index is 1.45. The number of aliphatic hydroxyl groups is 1. The number of para-hydroxylation sites is 1. The highest BCUT2D eigenvalue weighted by Gasteiger charge is 2.27. The molecule has 0 aliphatic carbocycles. The van der Waals surface area contributed by atoms with E-state index in [1.807, 2.05) is 48.7 Å². The van der Waals surface area contributed by atoms with E-state index >= 15 is 0 Å². The molecule has 2 aromatic heterocycles. The SMILES string of the molecule is COc1c(OC(=O)CC(=O)N2CC[C@@H](O)C2)ccc(/C=C/c2n[nH]c3ccccc23)c1NC(=O)c1sccc1C. The summed E-state index contributed by atoms with van der Waals surface area (Å²) in [4.78, 5) is 40.3. The van der Waals surface area contributed by atoms with E-state index in [9.17, 15) is 19.5 Å². The Hall–Kier alpha value is -4.48. The van der Waals surface area contributed by atoms with Crippen molar-refractivity contribution < 1.29 is 29.0 Å². The second-order valence-corrected chi connectivity index (χ2v) is 10.3. The van der Waals surface area contributed by atoms with E-state index in [0.29, 0.717) is 34.8 Å². The number of likely N-dealkylation sites (tertiary alicyclic amines) is 1. The first-order valence-corrected chi connectivity index (χ1v) is 13.6. The van der Waals surface area contributed by atoms with Gasteiger partial charge in [0.25, 0.3) is 5.91 Å². The highest BCUT2D eigenvalue weighted by molar-refractivity contribution is 7.12. The highest BCUT2D eigenvalue weighted by atomic mass is 32.1. The number of H-pyrrole nitrogens is 1. The molecule has 0 saturated carbocycles. The number of methoxy groups -OCH3 is 1. The summed E-state index contributed by atoms with van der Waals surface area (Å²) in [6.45, 7) is 2.43. The van der Waals surface area contributed by atoms with Crippen LogP contribution in [0.25, 0.3) is 23.1 Å². The summed E-state index contributed by atoms with van der Waals surface area (Å²) in [5.41, 5.74) is 3.32. The van der Waals surface area contributed by atoms with Crippen molar-refractivity contribution in [2.45, 2.75) is 25.9 Å². The van der Waals surface area contributed by atoms with Gasteiger partial charge in [-0.3, -0.25) is 19.5 Å². The van der Waals surface area contributed by atoms with Crippen LogP contribution in [-0.2, 0) is 9.59 Å². The van der Waals surface area contributed by atoms with Gasteiger partial charge in [-0.05, 0) is 54.6 Å². The Morgan fingerprint density at radius 2 is 2.02 bits per heavy atom. The number of anilines is 1. The third kappa shape index (κ3) is 5.75. The zero-order valence-corrected chi connectivity index (χ0v) is 22.8. The molecule has 2 aromatic carbocycles. The van der Waals surface area contributed by atoms with E-state index in [4.69, 9.17) is 9.47 Å². The van der Waals surface area contributed by atoms with Crippen molar-refractivity contribution >= 4 is 57.9 Å².